The monoisotopic (exact) mass is 319 g/mol. The van der Waals surface area contributed by atoms with E-state index in [0.29, 0.717) is 11.3 Å². The van der Waals surface area contributed by atoms with Crippen molar-refractivity contribution in [1.82, 2.24) is 5.32 Å². The lowest BCUT2D eigenvalue weighted by Crippen LogP contribution is -2.41. The van der Waals surface area contributed by atoms with Gasteiger partial charge in [0.25, 0.3) is 5.91 Å². The van der Waals surface area contributed by atoms with Gasteiger partial charge in [-0.15, -0.1) is 0 Å². The largest absolute Gasteiger partial charge is 0.497 e. The van der Waals surface area contributed by atoms with E-state index in [4.69, 9.17) is 14.0 Å². The van der Waals surface area contributed by atoms with Crippen LogP contribution in [0.25, 0.3) is 0 Å². The van der Waals surface area contributed by atoms with Gasteiger partial charge in [0.1, 0.15) is 5.75 Å². The summed E-state index contributed by atoms with van der Waals surface area (Å²) in [6.45, 7) is 11.8. The third-order valence-electron chi connectivity index (χ3n) is 4.37. The molecule has 1 aromatic carbocycles. The molecule has 1 amide bonds. The van der Waals surface area contributed by atoms with E-state index in [9.17, 15) is 4.79 Å². The van der Waals surface area contributed by atoms with Gasteiger partial charge in [0.05, 0.1) is 18.3 Å². The van der Waals surface area contributed by atoms with Crippen LogP contribution in [0.15, 0.2) is 18.2 Å². The molecule has 0 unspecified atom stereocenters. The van der Waals surface area contributed by atoms with Gasteiger partial charge < -0.3 is 19.4 Å². The molecular formula is C17H26BNO4. The molecule has 0 radical (unpaired) electrons. The van der Waals surface area contributed by atoms with Crippen molar-refractivity contribution in [1.29, 1.82) is 0 Å². The molecule has 1 saturated heterocycles. The van der Waals surface area contributed by atoms with Gasteiger partial charge in [-0.3, -0.25) is 4.79 Å². The Morgan fingerprint density at radius 3 is 2.17 bits per heavy atom. The molecule has 126 valence electrons. The number of methoxy groups -OCH3 is 1. The van der Waals surface area contributed by atoms with Crippen LogP contribution in [-0.4, -0.2) is 37.4 Å². The van der Waals surface area contributed by atoms with Crippen molar-refractivity contribution in [3.8, 4) is 5.75 Å². The maximum Gasteiger partial charge on any atom is 0.494 e. The second-order valence-corrected chi connectivity index (χ2v) is 7.21. The third kappa shape index (κ3) is 3.70. The Hall–Kier alpha value is -1.53. The van der Waals surface area contributed by atoms with Crippen LogP contribution in [0.4, 0.5) is 0 Å². The van der Waals surface area contributed by atoms with Crippen molar-refractivity contribution >= 4 is 18.5 Å². The van der Waals surface area contributed by atoms with Crippen molar-refractivity contribution < 1.29 is 18.8 Å². The van der Waals surface area contributed by atoms with Crippen molar-refractivity contribution in [3.63, 3.8) is 0 Å². The average Bonchev–Trinajstić information content (AvgIpc) is 2.66. The van der Waals surface area contributed by atoms with Gasteiger partial charge in [0.2, 0.25) is 0 Å². The predicted molar refractivity (Wildman–Crippen MR) is 91.3 cm³/mol. The summed E-state index contributed by atoms with van der Waals surface area (Å²) in [5.41, 5.74) is 0.446. The molecule has 6 heteroatoms. The van der Waals surface area contributed by atoms with E-state index in [1.807, 2.05) is 47.6 Å². The van der Waals surface area contributed by atoms with Gasteiger partial charge in [0.15, 0.2) is 0 Å². The third-order valence-corrected chi connectivity index (χ3v) is 4.37. The molecule has 0 aliphatic carbocycles. The lowest BCUT2D eigenvalue weighted by Gasteiger charge is -2.32. The summed E-state index contributed by atoms with van der Waals surface area (Å²) in [5.74, 6) is 0.461. The predicted octanol–water partition coefficient (Wildman–Crippen LogP) is 2.13. The number of hydrogen-bond acceptors (Lipinski definition) is 4. The van der Waals surface area contributed by atoms with Crippen molar-refractivity contribution in [2.24, 2.45) is 0 Å². The lowest BCUT2D eigenvalue weighted by molar-refractivity contribution is 0.00578. The zero-order chi connectivity index (χ0) is 17.4. The summed E-state index contributed by atoms with van der Waals surface area (Å²) in [6.07, 6.45) is 0. The highest BCUT2D eigenvalue weighted by Crippen LogP contribution is 2.36. The highest BCUT2D eigenvalue weighted by molar-refractivity contribution is 6.62. The minimum Gasteiger partial charge on any atom is -0.497 e. The molecular weight excluding hydrogens is 293 g/mol. The van der Waals surface area contributed by atoms with E-state index in [0.717, 1.165) is 5.46 Å². The summed E-state index contributed by atoms with van der Waals surface area (Å²) in [5, 5.41) is 2.88. The topological polar surface area (TPSA) is 56.8 Å². The number of ether oxygens (including phenoxy) is 1. The molecule has 1 fully saturated rings. The summed E-state index contributed by atoms with van der Waals surface area (Å²) >= 11 is 0. The van der Waals surface area contributed by atoms with Gasteiger partial charge in [-0.2, -0.15) is 0 Å². The van der Waals surface area contributed by atoms with Crippen LogP contribution in [0.1, 0.15) is 51.9 Å². The number of carbonyl (C=O) groups excluding carboxylic acids is 1. The van der Waals surface area contributed by atoms with Crippen molar-refractivity contribution in [2.45, 2.75) is 58.8 Å². The minimum absolute atomic E-state index is 0.0639. The van der Waals surface area contributed by atoms with Crippen LogP contribution in [0, 0.1) is 0 Å². The highest BCUT2D eigenvalue weighted by Gasteiger charge is 2.51. The molecule has 2 rings (SSSR count). The van der Waals surface area contributed by atoms with Gasteiger partial charge in [-0.05, 0) is 65.2 Å². The molecule has 1 N–H and O–H groups in total. The molecule has 0 spiro atoms. The van der Waals surface area contributed by atoms with Gasteiger partial charge in [-0.25, -0.2) is 0 Å². The summed E-state index contributed by atoms with van der Waals surface area (Å²) < 4.78 is 17.4. The lowest BCUT2D eigenvalue weighted by atomic mass is 9.78. The Kier molecular flexibility index (Phi) is 4.78. The molecule has 0 atom stereocenters. The normalized spacial score (nSPS) is 19.0. The van der Waals surface area contributed by atoms with Gasteiger partial charge >= 0.3 is 7.12 Å². The van der Waals surface area contributed by atoms with Crippen molar-refractivity contribution in [3.05, 3.63) is 23.8 Å². The SMILES string of the molecule is COc1cc(B2OC(C)(C)C(C)(C)O2)cc(C(=O)NC(C)C)c1. The Morgan fingerprint density at radius 2 is 1.70 bits per heavy atom. The first-order valence-electron chi connectivity index (χ1n) is 7.91. The Balaban J connectivity index is 2.35. The molecule has 1 aliphatic rings. The Labute approximate surface area is 138 Å². The fraction of sp³-hybridized carbons (Fsp3) is 0.588. The zero-order valence-electron chi connectivity index (χ0n) is 15.0. The smallest absolute Gasteiger partial charge is 0.494 e. The molecule has 0 bridgehead atoms. The molecule has 0 aromatic heterocycles. The summed E-state index contributed by atoms with van der Waals surface area (Å²) in [7, 11) is 1.05. The number of amides is 1. The van der Waals surface area contributed by atoms with E-state index in [-0.39, 0.29) is 11.9 Å². The maximum absolute atomic E-state index is 12.3. The first-order valence-corrected chi connectivity index (χ1v) is 7.91. The fourth-order valence-corrected chi connectivity index (χ4v) is 2.33. The number of carbonyl (C=O) groups is 1. The van der Waals surface area contributed by atoms with E-state index in [2.05, 4.69) is 5.32 Å². The van der Waals surface area contributed by atoms with Crippen LogP contribution in [0.3, 0.4) is 0 Å². The summed E-state index contributed by atoms with van der Waals surface area (Å²) in [4.78, 5) is 12.3. The first-order chi connectivity index (χ1) is 10.6. The molecule has 5 nitrogen and oxygen atoms in total. The summed E-state index contributed by atoms with van der Waals surface area (Å²) in [6, 6.07) is 5.41. The number of nitrogens with one attached hydrogen (secondary N) is 1. The Bertz CT molecular complexity index is 582. The quantitative estimate of drug-likeness (QED) is 0.864. The van der Waals surface area contributed by atoms with Gasteiger partial charge in [-0.1, -0.05) is 0 Å². The fourth-order valence-electron chi connectivity index (χ4n) is 2.33. The van der Waals surface area contributed by atoms with E-state index in [1.54, 1.807) is 19.2 Å². The zero-order valence-corrected chi connectivity index (χ0v) is 15.0. The van der Waals surface area contributed by atoms with Crippen molar-refractivity contribution in [2.75, 3.05) is 7.11 Å². The standard InChI is InChI=1S/C17H26BNO4/c1-11(2)19-15(20)12-8-13(10-14(9-12)21-7)18-22-16(3,4)17(5,6)23-18/h8-11H,1-7H3,(H,19,20). The number of benzene rings is 1. The van der Waals surface area contributed by atoms with E-state index >= 15 is 0 Å². The second kappa shape index (κ2) is 6.17. The van der Waals surface area contributed by atoms with Crippen LogP contribution in [0.2, 0.25) is 0 Å². The highest BCUT2D eigenvalue weighted by atomic mass is 16.7. The van der Waals surface area contributed by atoms with Crippen LogP contribution >= 0.6 is 0 Å². The van der Waals surface area contributed by atoms with Gasteiger partial charge in [0, 0.05) is 11.6 Å². The molecule has 0 saturated carbocycles. The number of hydrogen-bond donors (Lipinski definition) is 1. The van der Waals surface area contributed by atoms with E-state index in [1.165, 1.54) is 0 Å². The molecule has 1 aromatic rings. The average molecular weight is 319 g/mol. The van der Waals surface area contributed by atoms with E-state index < -0.39 is 18.3 Å². The minimum atomic E-state index is -0.527. The van der Waals surface area contributed by atoms with Crippen LogP contribution in [-0.2, 0) is 9.31 Å². The second-order valence-electron chi connectivity index (χ2n) is 7.21. The number of rotatable bonds is 4. The Morgan fingerprint density at radius 1 is 1.13 bits per heavy atom. The molecule has 1 heterocycles. The molecule has 23 heavy (non-hydrogen) atoms. The van der Waals surface area contributed by atoms with Crippen LogP contribution in [0.5, 0.6) is 5.75 Å². The molecule has 1 aliphatic heterocycles. The first kappa shape index (κ1) is 17.8. The van der Waals surface area contributed by atoms with Crippen LogP contribution < -0.4 is 15.5 Å². The maximum atomic E-state index is 12.3.